The number of hydrogen-bond donors (Lipinski definition) is 1. The van der Waals surface area contributed by atoms with Gasteiger partial charge in [-0.3, -0.25) is 9.59 Å². The van der Waals surface area contributed by atoms with Crippen molar-refractivity contribution in [3.8, 4) is 5.75 Å². The van der Waals surface area contributed by atoms with Crippen LogP contribution in [0.5, 0.6) is 5.75 Å². The first-order valence-corrected chi connectivity index (χ1v) is 11.1. The van der Waals surface area contributed by atoms with Crippen molar-refractivity contribution >= 4 is 11.6 Å². The van der Waals surface area contributed by atoms with Crippen LogP contribution in [0, 0.1) is 10.8 Å². The Morgan fingerprint density at radius 2 is 1.47 bits per heavy atom. The van der Waals surface area contributed by atoms with E-state index in [-0.39, 0.29) is 34.4 Å². The average Bonchev–Trinajstić information content (AvgIpc) is 2.96. The molecule has 5 rings (SSSR count). The summed E-state index contributed by atoms with van der Waals surface area (Å²) in [5, 5.41) is 3.58. The fourth-order valence-corrected chi connectivity index (χ4v) is 5.84. The van der Waals surface area contributed by atoms with Gasteiger partial charge in [0, 0.05) is 47.7 Å². The van der Waals surface area contributed by atoms with Crippen LogP contribution < -0.4 is 10.1 Å². The first-order valence-electron chi connectivity index (χ1n) is 11.1. The summed E-state index contributed by atoms with van der Waals surface area (Å²) in [6.07, 6.45) is 3.76. The maximum Gasteiger partial charge on any atom is 0.162 e. The van der Waals surface area contributed by atoms with Gasteiger partial charge in [-0.25, -0.2) is 0 Å². The second-order valence-electron chi connectivity index (χ2n) is 11.2. The molecule has 0 saturated carbocycles. The largest absolute Gasteiger partial charge is 0.490 e. The molecule has 0 radical (unpaired) electrons. The molecule has 4 aliphatic rings. The molecule has 0 bridgehead atoms. The molecule has 158 valence electrons. The van der Waals surface area contributed by atoms with Gasteiger partial charge in [-0.05, 0) is 47.8 Å². The summed E-state index contributed by atoms with van der Waals surface area (Å²) >= 11 is 0. The minimum Gasteiger partial charge on any atom is -0.490 e. The number of ketones is 2. The summed E-state index contributed by atoms with van der Waals surface area (Å²) in [6.45, 7) is 10.7. The molecule has 0 unspecified atom stereocenters. The molecule has 2 aliphatic carbocycles. The van der Waals surface area contributed by atoms with Gasteiger partial charge >= 0.3 is 0 Å². The van der Waals surface area contributed by atoms with Crippen molar-refractivity contribution in [2.24, 2.45) is 10.8 Å². The molecule has 1 atom stereocenters. The molecular weight excluding hydrogens is 374 g/mol. The number of fused-ring (bicyclic) bond motifs is 1. The number of carbonyl (C=O) groups excluding carboxylic acids is 2. The smallest absolute Gasteiger partial charge is 0.162 e. The molecule has 2 aliphatic heterocycles. The third kappa shape index (κ3) is 3.12. The van der Waals surface area contributed by atoms with Crippen molar-refractivity contribution in [1.82, 2.24) is 5.32 Å². The third-order valence-electron chi connectivity index (χ3n) is 6.97. The summed E-state index contributed by atoms with van der Waals surface area (Å²) in [6, 6.07) is 6.25. The van der Waals surface area contributed by atoms with Crippen LogP contribution in [0.1, 0.15) is 77.3 Å². The molecule has 30 heavy (non-hydrogen) atoms. The number of dihydropyridines is 1. The molecule has 1 aromatic carbocycles. The van der Waals surface area contributed by atoms with E-state index in [9.17, 15) is 9.59 Å². The summed E-state index contributed by atoms with van der Waals surface area (Å²) in [4.78, 5) is 26.7. The average molecular weight is 406 g/mol. The normalized spacial score (nSPS) is 27.3. The van der Waals surface area contributed by atoms with Crippen molar-refractivity contribution in [1.29, 1.82) is 0 Å². The Kier molecular flexibility index (Phi) is 4.13. The van der Waals surface area contributed by atoms with Gasteiger partial charge in [0.1, 0.15) is 11.9 Å². The zero-order chi connectivity index (χ0) is 21.4. The lowest BCUT2D eigenvalue weighted by molar-refractivity contribution is -0.119. The highest BCUT2D eigenvalue weighted by Crippen LogP contribution is 2.51. The lowest BCUT2D eigenvalue weighted by Gasteiger charge is -2.44. The minimum atomic E-state index is -0.260. The van der Waals surface area contributed by atoms with E-state index in [2.05, 4.69) is 52.1 Å². The summed E-state index contributed by atoms with van der Waals surface area (Å²) < 4.78 is 5.89. The van der Waals surface area contributed by atoms with E-state index in [1.807, 2.05) is 6.07 Å². The maximum absolute atomic E-state index is 13.4. The Hall–Kier alpha value is -2.36. The molecular formula is C26H31NO3. The quantitative estimate of drug-likeness (QED) is 0.716. The van der Waals surface area contributed by atoms with Gasteiger partial charge in [-0.15, -0.1) is 0 Å². The fraction of sp³-hybridized carbons (Fsp3) is 0.538. The second-order valence-corrected chi connectivity index (χ2v) is 11.2. The number of benzene rings is 1. The number of hydrogen-bond acceptors (Lipinski definition) is 4. The van der Waals surface area contributed by atoms with Gasteiger partial charge in [0.2, 0.25) is 0 Å². The van der Waals surface area contributed by atoms with Crippen LogP contribution in [0.3, 0.4) is 0 Å². The van der Waals surface area contributed by atoms with Crippen molar-refractivity contribution < 1.29 is 14.3 Å². The lowest BCUT2D eigenvalue weighted by Crippen LogP contribution is -2.42. The lowest BCUT2D eigenvalue weighted by atomic mass is 9.64. The van der Waals surface area contributed by atoms with E-state index in [0.29, 0.717) is 12.8 Å². The Balaban J connectivity index is 1.68. The van der Waals surface area contributed by atoms with Gasteiger partial charge < -0.3 is 10.1 Å². The Morgan fingerprint density at radius 1 is 0.900 bits per heavy atom. The van der Waals surface area contributed by atoms with Crippen LogP contribution in [-0.2, 0) is 16.0 Å². The van der Waals surface area contributed by atoms with Crippen LogP contribution in [0.15, 0.2) is 40.7 Å². The molecule has 0 spiro atoms. The Bertz CT molecular complexity index is 988. The SMILES string of the molecule is C[C@H]1Cc2cc(C3C4=C(CC(C)(C)CC4=O)NC4=C3C(=O)CC(C)(C)C4)ccc2O1. The molecule has 4 heteroatoms. The monoisotopic (exact) mass is 405 g/mol. The van der Waals surface area contributed by atoms with E-state index >= 15 is 0 Å². The summed E-state index contributed by atoms with van der Waals surface area (Å²) in [5.41, 5.74) is 5.76. The molecule has 4 nitrogen and oxygen atoms in total. The zero-order valence-corrected chi connectivity index (χ0v) is 18.6. The molecule has 2 heterocycles. The molecule has 0 saturated heterocycles. The predicted octanol–water partition coefficient (Wildman–Crippen LogP) is 4.98. The van der Waals surface area contributed by atoms with Crippen molar-refractivity contribution in [2.45, 2.75) is 78.7 Å². The highest BCUT2D eigenvalue weighted by Gasteiger charge is 2.46. The highest BCUT2D eigenvalue weighted by atomic mass is 16.5. The number of carbonyl (C=O) groups is 2. The van der Waals surface area contributed by atoms with Crippen LogP contribution in [0.2, 0.25) is 0 Å². The van der Waals surface area contributed by atoms with Crippen molar-refractivity contribution in [3.63, 3.8) is 0 Å². The third-order valence-corrected chi connectivity index (χ3v) is 6.97. The standard InChI is InChI=1S/C26H31NO3/c1-14-8-16-9-15(6-7-21(16)30-14)22-23-17(10-25(2,3)12-19(23)28)27-18-11-26(4,5)13-20(29)24(18)22/h6-7,9,14,22,27H,8,10-13H2,1-5H3/t14-/m0/s1. The fourth-order valence-electron chi connectivity index (χ4n) is 5.84. The molecule has 0 amide bonds. The Labute approximate surface area is 178 Å². The van der Waals surface area contributed by atoms with E-state index in [4.69, 9.17) is 4.74 Å². The topological polar surface area (TPSA) is 55.4 Å². The second kappa shape index (κ2) is 6.32. The number of rotatable bonds is 1. The van der Waals surface area contributed by atoms with Gasteiger partial charge in [0.25, 0.3) is 0 Å². The first kappa shape index (κ1) is 19.6. The molecule has 1 aromatic rings. The van der Waals surface area contributed by atoms with Gasteiger partial charge in [-0.1, -0.05) is 39.8 Å². The van der Waals surface area contributed by atoms with Crippen LogP contribution in [0.25, 0.3) is 0 Å². The molecule has 0 fully saturated rings. The van der Waals surface area contributed by atoms with Crippen molar-refractivity contribution in [3.05, 3.63) is 51.9 Å². The number of nitrogens with one attached hydrogen (secondary N) is 1. The zero-order valence-electron chi connectivity index (χ0n) is 18.6. The number of ether oxygens (including phenoxy) is 1. The highest BCUT2D eigenvalue weighted by molar-refractivity contribution is 6.06. The van der Waals surface area contributed by atoms with Crippen LogP contribution in [0.4, 0.5) is 0 Å². The number of allylic oxidation sites excluding steroid dienone is 4. The number of Topliss-reactive ketones (excluding diaryl/α,β-unsaturated/α-hetero) is 2. The summed E-state index contributed by atoms with van der Waals surface area (Å²) in [5.74, 6) is 1.02. The van der Waals surface area contributed by atoms with Gasteiger partial charge in [0.15, 0.2) is 11.6 Å². The van der Waals surface area contributed by atoms with E-state index < -0.39 is 0 Å². The molecule has 1 N–H and O–H groups in total. The van der Waals surface area contributed by atoms with Crippen molar-refractivity contribution in [2.75, 3.05) is 0 Å². The first-order chi connectivity index (χ1) is 14.0. The van der Waals surface area contributed by atoms with E-state index in [1.54, 1.807) is 0 Å². The maximum atomic E-state index is 13.4. The van der Waals surface area contributed by atoms with Crippen LogP contribution >= 0.6 is 0 Å². The predicted molar refractivity (Wildman–Crippen MR) is 116 cm³/mol. The van der Waals surface area contributed by atoms with Gasteiger partial charge in [-0.2, -0.15) is 0 Å². The van der Waals surface area contributed by atoms with Crippen LogP contribution in [-0.4, -0.2) is 17.7 Å². The Morgan fingerprint density at radius 3 is 2.03 bits per heavy atom. The van der Waals surface area contributed by atoms with E-state index in [1.165, 1.54) is 5.56 Å². The van der Waals surface area contributed by atoms with Gasteiger partial charge in [0.05, 0.1) is 0 Å². The van der Waals surface area contributed by atoms with E-state index in [0.717, 1.165) is 53.1 Å². The molecule has 0 aromatic heterocycles. The minimum absolute atomic E-state index is 0.0685. The summed E-state index contributed by atoms with van der Waals surface area (Å²) in [7, 11) is 0.